The van der Waals surface area contributed by atoms with Crippen molar-refractivity contribution in [2.24, 2.45) is 0 Å². The minimum absolute atomic E-state index is 0.0457. The number of benzene rings is 2. The number of carbonyl (C=O) groups is 3. The Kier molecular flexibility index (Phi) is 5.30. The number of thiazole rings is 1. The molecular formula is C27H18ClN3O6S. The summed E-state index contributed by atoms with van der Waals surface area (Å²) < 4.78 is 10.9. The molecule has 0 saturated heterocycles. The van der Waals surface area contributed by atoms with Gasteiger partial charge < -0.3 is 14.1 Å². The zero-order valence-electron chi connectivity index (χ0n) is 20.1. The molecule has 4 heterocycles. The smallest absolute Gasteiger partial charge is 0.350 e. The molecule has 0 radical (unpaired) electrons. The summed E-state index contributed by atoms with van der Waals surface area (Å²) in [5.74, 6) is -2.19. The van der Waals surface area contributed by atoms with Gasteiger partial charge in [0.1, 0.15) is 10.5 Å². The third-order valence-electron chi connectivity index (χ3n) is 6.75. The number of hydrogen-bond donors (Lipinski definition) is 0. The summed E-state index contributed by atoms with van der Waals surface area (Å²) in [6, 6.07) is 11.4. The van der Waals surface area contributed by atoms with Crippen molar-refractivity contribution < 1.29 is 23.5 Å². The van der Waals surface area contributed by atoms with Gasteiger partial charge in [0, 0.05) is 17.1 Å². The van der Waals surface area contributed by atoms with E-state index >= 15 is 0 Å². The summed E-state index contributed by atoms with van der Waals surface area (Å²) in [6.45, 7) is 5.49. The van der Waals surface area contributed by atoms with Crippen LogP contribution in [0.1, 0.15) is 37.0 Å². The maximum absolute atomic E-state index is 14.5. The number of esters is 1. The first kappa shape index (κ1) is 24.1. The molecule has 1 spiro atoms. The van der Waals surface area contributed by atoms with Crippen LogP contribution in [-0.4, -0.2) is 36.4 Å². The van der Waals surface area contributed by atoms with Crippen molar-refractivity contribution in [3.8, 4) is 0 Å². The van der Waals surface area contributed by atoms with Gasteiger partial charge in [-0.2, -0.15) is 0 Å². The summed E-state index contributed by atoms with van der Waals surface area (Å²) in [4.78, 5) is 62.4. The second kappa shape index (κ2) is 8.37. The van der Waals surface area contributed by atoms with Crippen LogP contribution in [0.5, 0.6) is 0 Å². The van der Waals surface area contributed by atoms with Crippen molar-refractivity contribution in [1.29, 1.82) is 0 Å². The molecule has 0 saturated carbocycles. The van der Waals surface area contributed by atoms with Crippen molar-refractivity contribution in [3.05, 3.63) is 97.8 Å². The number of fused-ring (bicyclic) bond motifs is 5. The molecule has 0 fully saturated rings. The quantitative estimate of drug-likeness (QED) is 0.274. The Morgan fingerprint density at radius 1 is 1.24 bits per heavy atom. The number of carbonyl (C=O) groups excluding carboxylic acids is 3. The third-order valence-corrected chi connectivity index (χ3v) is 8.10. The molecule has 6 rings (SSSR count). The van der Waals surface area contributed by atoms with Crippen LogP contribution in [0.25, 0.3) is 11.0 Å². The van der Waals surface area contributed by atoms with Gasteiger partial charge >= 0.3 is 5.97 Å². The van der Waals surface area contributed by atoms with Crippen LogP contribution in [-0.2, 0) is 15.1 Å². The molecule has 2 aliphatic heterocycles. The number of methoxy groups -OCH3 is 1. The molecule has 2 aromatic heterocycles. The van der Waals surface area contributed by atoms with Gasteiger partial charge in [0.2, 0.25) is 5.76 Å². The van der Waals surface area contributed by atoms with E-state index in [1.54, 1.807) is 43.3 Å². The van der Waals surface area contributed by atoms with E-state index in [0.29, 0.717) is 22.0 Å². The number of rotatable bonds is 4. The molecule has 4 aromatic rings. The Morgan fingerprint density at radius 2 is 2.00 bits per heavy atom. The summed E-state index contributed by atoms with van der Waals surface area (Å²) in [7, 11) is 1.24. The van der Waals surface area contributed by atoms with E-state index in [-0.39, 0.29) is 38.8 Å². The fourth-order valence-corrected chi connectivity index (χ4v) is 6.41. The number of halogens is 1. The number of para-hydroxylation sites is 1. The number of aromatic nitrogens is 1. The molecule has 2 aromatic carbocycles. The molecule has 2 amide bonds. The maximum atomic E-state index is 14.5. The molecule has 0 bridgehead atoms. The number of anilines is 2. The lowest BCUT2D eigenvalue weighted by Crippen LogP contribution is -2.53. The SMILES string of the molecule is C=CCN1C(=O)C2(c3ccccc31)c1c(oc3ccc(Cl)cc3c1=O)C(=O)N2c1nc(C)c(C(=O)OC)s1. The van der Waals surface area contributed by atoms with Crippen molar-refractivity contribution in [2.75, 3.05) is 23.5 Å². The molecule has 0 N–H and O–H groups in total. The molecule has 1 atom stereocenters. The largest absolute Gasteiger partial charge is 0.465 e. The Balaban J connectivity index is 1.75. The van der Waals surface area contributed by atoms with E-state index < -0.39 is 28.8 Å². The minimum atomic E-state index is -1.93. The second-order valence-electron chi connectivity index (χ2n) is 8.75. The van der Waals surface area contributed by atoms with Crippen molar-refractivity contribution in [3.63, 3.8) is 0 Å². The van der Waals surface area contributed by atoms with Crippen LogP contribution in [0.2, 0.25) is 5.02 Å². The monoisotopic (exact) mass is 547 g/mol. The molecule has 1 unspecified atom stereocenters. The molecular weight excluding hydrogens is 530 g/mol. The van der Waals surface area contributed by atoms with Gasteiger partial charge in [-0.15, -0.1) is 6.58 Å². The first-order chi connectivity index (χ1) is 18.2. The highest BCUT2D eigenvalue weighted by atomic mass is 35.5. The lowest BCUT2D eigenvalue weighted by atomic mass is 9.84. The van der Waals surface area contributed by atoms with Gasteiger partial charge in [0.25, 0.3) is 11.8 Å². The number of ether oxygens (including phenoxy) is 1. The van der Waals surface area contributed by atoms with Crippen LogP contribution in [0.15, 0.2) is 64.3 Å². The Labute approximate surface area is 224 Å². The third kappa shape index (κ3) is 2.95. The Hall–Kier alpha value is -4.28. The van der Waals surface area contributed by atoms with Crippen LogP contribution in [0.3, 0.4) is 0 Å². The molecule has 2 aliphatic rings. The lowest BCUT2D eigenvalue weighted by Gasteiger charge is -2.32. The van der Waals surface area contributed by atoms with Gasteiger partial charge in [-0.1, -0.05) is 47.2 Å². The predicted molar refractivity (Wildman–Crippen MR) is 142 cm³/mol. The molecule has 11 heteroatoms. The molecule has 190 valence electrons. The highest BCUT2D eigenvalue weighted by molar-refractivity contribution is 7.17. The Bertz CT molecular complexity index is 1790. The van der Waals surface area contributed by atoms with Crippen LogP contribution in [0, 0.1) is 6.92 Å². The number of aryl methyl sites for hydroxylation is 1. The van der Waals surface area contributed by atoms with Crippen LogP contribution in [0.4, 0.5) is 10.8 Å². The summed E-state index contributed by atoms with van der Waals surface area (Å²) in [5, 5.41) is 0.470. The first-order valence-electron chi connectivity index (χ1n) is 11.4. The molecule has 38 heavy (non-hydrogen) atoms. The van der Waals surface area contributed by atoms with Gasteiger partial charge in [0.15, 0.2) is 16.1 Å². The number of amides is 2. The predicted octanol–water partition coefficient (Wildman–Crippen LogP) is 4.43. The van der Waals surface area contributed by atoms with Crippen molar-refractivity contribution in [2.45, 2.75) is 12.5 Å². The summed E-state index contributed by atoms with van der Waals surface area (Å²) in [5.41, 5.74) is -1.25. The second-order valence-corrected chi connectivity index (χ2v) is 10.2. The lowest BCUT2D eigenvalue weighted by molar-refractivity contribution is -0.121. The van der Waals surface area contributed by atoms with Crippen molar-refractivity contribution in [1.82, 2.24) is 4.98 Å². The van der Waals surface area contributed by atoms with Crippen LogP contribution < -0.4 is 15.2 Å². The van der Waals surface area contributed by atoms with Gasteiger partial charge in [-0.25, -0.2) is 9.78 Å². The first-order valence-corrected chi connectivity index (χ1v) is 12.6. The molecule has 9 nitrogen and oxygen atoms in total. The van der Waals surface area contributed by atoms with E-state index in [0.717, 1.165) is 16.2 Å². The average Bonchev–Trinajstić information content (AvgIpc) is 3.49. The zero-order chi connectivity index (χ0) is 26.9. The van der Waals surface area contributed by atoms with Gasteiger partial charge in [-0.3, -0.25) is 19.3 Å². The van der Waals surface area contributed by atoms with E-state index in [1.807, 2.05) is 0 Å². The van der Waals surface area contributed by atoms with E-state index in [1.165, 1.54) is 24.1 Å². The van der Waals surface area contributed by atoms with E-state index in [4.69, 9.17) is 20.8 Å². The minimum Gasteiger partial charge on any atom is -0.465 e. The summed E-state index contributed by atoms with van der Waals surface area (Å²) >= 11 is 7.08. The van der Waals surface area contributed by atoms with Crippen molar-refractivity contribution >= 4 is 62.5 Å². The van der Waals surface area contributed by atoms with Crippen LogP contribution >= 0.6 is 22.9 Å². The maximum Gasteiger partial charge on any atom is 0.350 e. The van der Waals surface area contributed by atoms with E-state index in [9.17, 15) is 19.2 Å². The zero-order valence-corrected chi connectivity index (χ0v) is 21.7. The highest BCUT2D eigenvalue weighted by Gasteiger charge is 2.66. The number of hydrogen-bond acceptors (Lipinski definition) is 8. The average molecular weight is 548 g/mol. The normalized spacial score (nSPS) is 17.9. The standard InChI is InChI=1S/C27H18ClN3O6S/c1-4-11-30-17-8-6-5-7-16(17)27(25(30)35)19-20(32)15-12-14(28)9-10-18(15)37-21(19)23(33)31(27)26-29-13(2)22(38-26)24(34)36-3/h4-10,12H,1,11H2,2-3H3. The topological polar surface area (TPSA) is 110 Å². The Morgan fingerprint density at radius 3 is 2.74 bits per heavy atom. The number of nitrogens with zero attached hydrogens (tertiary/aromatic N) is 3. The van der Waals surface area contributed by atoms with E-state index in [2.05, 4.69) is 11.6 Å². The fourth-order valence-electron chi connectivity index (χ4n) is 5.21. The van der Waals surface area contributed by atoms with Gasteiger partial charge in [0.05, 0.1) is 29.4 Å². The van der Waals surface area contributed by atoms with Gasteiger partial charge in [-0.05, 0) is 31.2 Å². The fraction of sp³-hybridized carbons (Fsp3) is 0.148. The highest BCUT2D eigenvalue weighted by Crippen LogP contribution is 2.54. The summed E-state index contributed by atoms with van der Waals surface area (Å²) in [6.07, 6.45) is 1.56. The molecule has 0 aliphatic carbocycles.